The fraction of sp³-hybridized carbons (Fsp3) is 0.533. The summed E-state index contributed by atoms with van der Waals surface area (Å²) in [7, 11) is 0. The second-order valence-corrected chi connectivity index (χ2v) is 5.39. The third-order valence-electron chi connectivity index (χ3n) is 3.84. The van der Waals surface area contributed by atoms with Crippen molar-refractivity contribution in [2.75, 3.05) is 0 Å². The van der Waals surface area contributed by atoms with E-state index in [1.165, 1.54) is 16.7 Å². The average Bonchev–Trinajstić information content (AvgIpc) is 2.99. The van der Waals surface area contributed by atoms with Gasteiger partial charge in [-0.1, -0.05) is 25.1 Å². The van der Waals surface area contributed by atoms with Crippen molar-refractivity contribution in [3.05, 3.63) is 34.9 Å². The van der Waals surface area contributed by atoms with Gasteiger partial charge in [0.15, 0.2) is 0 Å². The van der Waals surface area contributed by atoms with E-state index < -0.39 is 0 Å². The Morgan fingerprint density at radius 2 is 2.00 bits per heavy atom. The van der Waals surface area contributed by atoms with Crippen LogP contribution in [-0.2, 0) is 4.79 Å². The lowest BCUT2D eigenvalue weighted by Gasteiger charge is -2.15. The summed E-state index contributed by atoms with van der Waals surface area (Å²) in [6.45, 7) is 8.39. The lowest BCUT2D eigenvalue weighted by Crippen LogP contribution is -2.28. The molecule has 0 heterocycles. The maximum absolute atomic E-state index is 11.8. The van der Waals surface area contributed by atoms with E-state index in [2.05, 4.69) is 51.2 Å². The molecule has 0 saturated heterocycles. The Bertz CT molecular complexity index is 439. The van der Waals surface area contributed by atoms with Gasteiger partial charge in [0, 0.05) is 5.92 Å². The smallest absolute Gasteiger partial charge is 0.223 e. The van der Waals surface area contributed by atoms with Crippen LogP contribution in [0, 0.1) is 25.7 Å². The Morgan fingerprint density at radius 3 is 2.53 bits per heavy atom. The van der Waals surface area contributed by atoms with Gasteiger partial charge < -0.3 is 5.32 Å². The van der Waals surface area contributed by atoms with Gasteiger partial charge in [0.2, 0.25) is 5.91 Å². The molecule has 1 N–H and O–H groups in total. The van der Waals surface area contributed by atoms with Gasteiger partial charge in [0.1, 0.15) is 0 Å². The molecule has 2 heteroatoms. The first kappa shape index (κ1) is 12.2. The molecule has 0 aromatic heterocycles. The molecule has 92 valence electrons. The Morgan fingerprint density at radius 1 is 1.35 bits per heavy atom. The molecule has 1 amide bonds. The number of hydrogen-bond acceptors (Lipinski definition) is 1. The normalized spacial score (nSPS) is 24.2. The number of rotatable bonds is 3. The zero-order chi connectivity index (χ0) is 12.6. The van der Waals surface area contributed by atoms with Crippen molar-refractivity contribution in [1.29, 1.82) is 0 Å². The van der Waals surface area contributed by atoms with Crippen molar-refractivity contribution in [2.24, 2.45) is 11.8 Å². The van der Waals surface area contributed by atoms with Crippen LogP contribution in [0.1, 0.15) is 43.0 Å². The molecular weight excluding hydrogens is 210 g/mol. The molecule has 0 spiro atoms. The van der Waals surface area contributed by atoms with Gasteiger partial charge in [-0.15, -0.1) is 0 Å². The van der Waals surface area contributed by atoms with Gasteiger partial charge in [-0.2, -0.15) is 0 Å². The van der Waals surface area contributed by atoms with Crippen molar-refractivity contribution in [2.45, 2.75) is 40.2 Å². The Labute approximate surface area is 103 Å². The van der Waals surface area contributed by atoms with E-state index in [1.54, 1.807) is 0 Å². The maximum Gasteiger partial charge on any atom is 0.223 e. The van der Waals surface area contributed by atoms with Crippen molar-refractivity contribution in [1.82, 2.24) is 5.32 Å². The lowest BCUT2D eigenvalue weighted by atomic mass is 10.0. The van der Waals surface area contributed by atoms with Crippen LogP contribution in [0.3, 0.4) is 0 Å². The molecule has 1 fully saturated rings. The molecule has 2 rings (SSSR count). The highest BCUT2D eigenvalue weighted by atomic mass is 16.2. The van der Waals surface area contributed by atoms with Crippen LogP contribution < -0.4 is 5.32 Å². The SMILES string of the molecule is Cc1ccc([C@H](C)NC(=O)[C@H]2C[C@H]2C)cc1C. The number of amides is 1. The molecule has 0 bridgehead atoms. The number of aryl methyl sites for hydroxylation is 2. The lowest BCUT2D eigenvalue weighted by molar-refractivity contribution is -0.123. The number of hydrogen-bond donors (Lipinski definition) is 1. The summed E-state index contributed by atoms with van der Waals surface area (Å²) < 4.78 is 0. The van der Waals surface area contributed by atoms with Crippen molar-refractivity contribution in [3.63, 3.8) is 0 Å². The predicted octanol–water partition coefficient (Wildman–Crippen LogP) is 3.14. The molecule has 1 saturated carbocycles. The zero-order valence-electron chi connectivity index (χ0n) is 11.1. The highest BCUT2D eigenvalue weighted by molar-refractivity contribution is 5.81. The van der Waals surface area contributed by atoms with Gasteiger partial charge in [-0.3, -0.25) is 4.79 Å². The molecule has 2 nitrogen and oxygen atoms in total. The Kier molecular flexibility index (Phi) is 3.23. The molecule has 1 aromatic rings. The van der Waals surface area contributed by atoms with Gasteiger partial charge in [-0.25, -0.2) is 0 Å². The standard InChI is InChI=1S/C15H21NO/c1-9-5-6-13(7-10(9)2)12(4)16-15(17)14-8-11(14)3/h5-7,11-12,14H,8H2,1-4H3,(H,16,17)/t11-,12+,14+/m1/s1. The quantitative estimate of drug-likeness (QED) is 0.850. The van der Waals surface area contributed by atoms with E-state index in [1.807, 2.05) is 0 Å². The van der Waals surface area contributed by atoms with Crippen LogP contribution in [-0.4, -0.2) is 5.91 Å². The second-order valence-electron chi connectivity index (χ2n) is 5.39. The first-order valence-electron chi connectivity index (χ1n) is 6.36. The third kappa shape index (κ3) is 2.68. The minimum absolute atomic E-state index is 0.106. The summed E-state index contributed by atoms with van der Waals surface area (Å²) >= 11 is 0. The fourth-order valence-electron chi connectivity index (χ4n) is 2.13. The van der Waals surface area contributed by atoms with Crippen molar-refractivity contribution < 1.29 is 4.79 Å². The summed E-state index contributed by atoms with van der Waals surface area (Å²) in [5.74, 6) is 1.04. The topological polar surface area (TPSA) is 29.1 Å². The molecule has 3 atom stereocenters. The first-order chi connectivity index (χ1) is 7.99. The van der Waals surface area contributed by atoms with E-state index in [9.17, 15) is 4.79 Å². The van der Waals surface area contributed by atoms with Gasteiger partial charge in [0.05, 0.1) is 6.04 Å². The van der Waals surface area contributed by atoms with E-state index in [-0.39, 0.29) is 17.9 Å². The molecule has 0 aliphatic heterocycles. The van der Waals surface area contributed by atoms with Crippen molar-refractivity contribution in [3.8, 4) is 0 Å². The summed E-state index contributed by atoms with van der Waals surface area (Å²) in [4.78, 5) is 11.8. The molecule has 0 radical (unpaired) electrons. The molecule has 1 aliphatic carbocycles. The fourth-order valence-corrected chi connectivity index (χ4v) is 2.13. The molecule has 1 aromatic carbocycles. The van der Waals surface area contributed by atoms with Gasteiger partial charge in [-0.05, 0) is 49.8 Å². The van der Waals surface area contributed by atoms with Gasteiger partial charge in [0.25, 0.3) is 0 Å². The van der Waals surface area contributed by atoms with Crippen LogP contribution in [0.15, 0.2) is 18.2 Å². The summed E-state index contributed by atoms with van der Waals surface area (Å²) in [5, 5.41) is 3.10. The number of carbonyl (C=O) groups excluding carboxylic acids is 1. The van der Waals surface area contributed by atoms with Crippen LogP contribution in [0.2, 0.25) is 0 Å². The molecular formula is C15H21NO. The van der Waals surface area contributed by atoms with Crippen LogP contribution in [0.25, 0.3) is 0 Å². The summed E-state index contributed by atoms with van der Waals surface area (Å²) in [6.07, 6.45) is 1.05. The first-order valence-corrected chi connectivity index (χ1v) is 6.36. The predicted molar refractivity (Wildman–Crippen MR) is 69.7 cm³/mol. The molecule has 1 aliphatic rings. The minimum atomic E-state index is 0.106. The van der Waals surface area contributed by atoms with E-state index >= 15 is 0 Å². The molecule has 0 unspecified atom stereocenters. The van der Waals surface area contributed by atoms with Crippen LogP contribution >= 0.6 is 0 Å². The number of nitrogens with one attached hydrogen (secondary N) is 1. The average molecular weight is 231 g/mol. The third-order valence-corrected chi connectivity index (χ3v) is 3.84. The monoisotopic (exact) mass is 231 g/mol. The minimum Gasteiger partial charge on any atom is -0.349 e. The summed E-state index contributed by atoms with van der Waals surface area (Å²) in [5.41, 5.74) is 3.77. The second kappa shape index (κ2) is 4.52. The number of benzene rings is 1. The highest BCUT2D eigenvalue weighted by Crippen LogP contribution is 2.38. The van der Waals surface area contributed by atoms with Crippen molar-refractivity contribution >= 4 is 5.91 Å². The largest absolute Gasteiger partial charge is 0.349 e. The highest BCUT2D eigenvalue weighted by Gasteiger charge is 2.39. The van der Waals surface area contributed by atoms with E-state index in [0.29, 0.717) is 5.92 Å². The zero-order valence-corrected chi connectivity index (χ0v) is 11.1. The van der Waals surface area contributed by atoms with Crippen LogP contribution in [0.5, 0.6) is 0 Å². The van der Waals surface area contributed by atoms with Crippen LogP contribution in [0.4, 0.5) is 0 Å². The van der Waals surface area contributed by atoms with E-state index in [0.717, 1.165) is 6.42 Å². The summed E-state index contributed by atoms with van der Waals surface area (Å²) in [6, 6.07) is 6.49. The van der Waals surface area contributed by atoms with Gasteiger partial charge >= 0.3 is 0 Å². The number of carbonyl (C=O) groups is 1. The Balaban J connectivity index is 2.01. The molecule has 17 heavy (non-hydrogen) atoms. The van der Waals surface area contributed by atoms with E-state index in [4.69, 9.17) is 0 Å². The Hall–Kier alpha value is -1.31. The maximum atomic E-state index is 11.8.